The molecule has 3 N–H and O–H groups in total. The van der Waals surface area contributed by atoms with Crippen molar-refractivity contribution >= 4 is 51.5 Å². The van der Waals surface area contributed by atoms with Crippen molar-refractivity contribution in [2.24, 2.45) is 5.73 Å². The lowest BCUT2D eigenvalue weighted by molar-refractivity contribution is -0.131. The molecule has 8 heteroatoms. The minimum Gasteiger partial charge on any atom is -0.364 e. The number of nitrogens with two attached hydrogens (primary N) is 1. The molecule has 126 valence electrons. The van der Waals surface area contributed by atoms with Gasteiger partial charge in [-0.1, -0.05) is 11.6 Å². The molecule has 5 nitrogen and oxygen atoms in total. The minimum atomic E-state index is -0.359. The van der Waals surface area contributed by atoms with Crippen LogP contribution in [0.5, 0.6) is 0 Å². The fourth-order valence-electron chi connectivity index (χ4n) is 2.53. The number of nitrogens with zero attached hydrogens (tertiary/aromatic N) is 1. The van der Waals surface area contributed by atoms with Crippen molar-refractivity contribution in [2.45, 2.75) is 31.5 Å². The van der Waals surface area contributed by atoms with Gasteiger partial charge < -0.3 is 15.8 Å². The van der Waals surface area contributed by atoms with Gasteiger partial charge in [-0.25, -0.2) is 4.98 Å². The highest BCUT2D eigenvalue weighted by molar-refractivity contribution is 7.18. The first kappa shape index (κ1) is 18.4. The summed E-state index contributed by atoms with van der Waals surface area (Å²) in [5, 5.41) is 4.59. The number of halogens is 2. The van der Waals surface area contributed by atoms with E-state index in [2.05, 4.69) is 10.3 Å². The lowest BCUT2D eigenvalue weighted by Gasteiger charge is -2.12. The molecule has 0 aliphatic carbocycles. The number of rotatable bonds is 5. The predicted molar refractivity (Wildman–Crippen MR) is 95.5 cm³/mol. The third-order valence-electron chi connectivity index (χ3n) is 3.69. The monoisotopic (exact) mass is 375 g/mol. The van der Waals surface area contributed by atoms with E-state index in [4.69, 9.17) is 22.1 Å². The van der Waals surface area contributed by atoms with Crippen LogP contribution in [0.2, 0.25) is 5.02 Å². The maximum atomic E-state index is 12.0. The van der Waals surface area contributed by atoms with Crippen molar-refractivity contribution in [3.63, 3.8) is 0 Å². The number of aromatic nitrogens is 1. The Bertz CT molecular complexity index is 680. The highest BCUT2D eigenvalue weighted by Gasteiger charge is 2.29. The summed E-state index contributed by atoms with van der Waals surface area (Å²) in [6.45, 7) is 1.03. The molecule has 1 aromatic heterocycles. The molecular formula is C15H19Cl2N3O2S. The predicted octanol–water partition coefficient (Wildman–Crippen LogP) is 2.54. The Morgan fingerprint density at radius 1 is 1.48 bits per heavy atom. The molecule has 2 atom stereocenters. The van der Waals surface area contributed by atoms with Crippen LogP contribution in [-0.2, 0) is 16.0 Å². The quantitative estimate of drug-likeness (QED) is 0.841. The van der Waals surface area contributed by atoms with Gasteiger partial charge in [-0.05, 0) is 31.0 Å². The number of ether oxygens (including phenoxy) is 1. The third kappa shape index (κ3) is 4.55. The van der Waals surface area contributed by atoms with Gasteiger partial charge in [0.05, 0.1) is 21.3 Å². The molecule has 1 aromatic carbocycles. The molecule has 1 aliphatic rings. The SMILES string of the molecule is Cl.NC[C@H]1CC[C@@H](C(=O)NCCc2nc3cc(Cl)ccc3s2)O1. The molecule has 23 heavy (non-hydrogen) atoms. The molecule has 0 radical (unpaired) electrons. The Labute approximate surface area is 150 Å². The average Bonchev–Trinajstić information content (AvgIpc) is 3.12. The normalized spacial score (nSPS) is 20.4. The van der Waals surface area contributed by atoms with Crippen LogP contribution in [0.4, 0.5) is 0 Å². The molecule has 0 spiro atoms. The van der Waals surface area contributed by atoms with Crippen molar-refractivity contribution < 1.29 is 9.53 Å². The van der Waals surface area contributed by atoms with E-state index in [1.165, 1.54) is 0 Å². The maximum Gasteiger partial charge on any atom is 0.249 e. The first-order valence-corrected chi connectivity index (χ1v) is 8.53. The number of carbonyl (C=O) groups is 1. The summed E-state index contributed by atoms with van der Waals surface area (Å²) >= 11 is 7.58. The summed E-state index contributed by atoms with van der Waals surface area (Å²) in [7, 11) is 0. The fourth-order valence-corrected chi connectivity index (χ4v) is 3.65. The van der Waals surface area contributed by atoms with Crippen LogP contribution in [0.1, 0.15) is 17.8 Å². The number of hydrogen-bond acceptors (Lipinski definition) is 5. The second kappa shape index (κ2) is 8.26. The van der Waals surface area contributed by atoms with E-state index in [9.17, 15) is 4.79 Å². The van der Waals surface area contributed by atoms with E-state index in [0.717, 1.165) is 28.1 Å². The van der Waals surface area contributed by atoms with E-state index in [-0.39, 0.29) is 30.5 Å². The zero-order chi connectivity index (χ0) is 15.5. The van der Waals surface area contributed by atoms with Gasteiger partial charge in [0.15, 0.2) is 0 Å². The smallest absolute Gasteiger partial charge is 0.249 e. The van der Waals surface area contributed by atoms with Gasteiger partial charge in [-0.3, -0.25) is 4.79 Å². The van der Waals surface area contributed by atoms with Crippen molar-refractivity contribution in [3.05, 3.63) is 28.2 Å². The average molecular weight is 376 g/mol. The first-order chi connectivity index (χ1) is 10.7. The van der Waals surface area contributed by atoms with Crippen molar-refractivity contribution in [1.82, 2.24) is 10.3 Å². The molecule has 2 heterocycles. The Balaban J connectivity index is 0.00000192. The third-order valence-corrected chi connectivity index (χ3v) is 5.03. The van der Waals surface area contributed by atoms with Crippen LogP contribution >= 0.6 is 35.3 Å². The van der Waals surface area contributed by atoms with Crippen LogP contribution < -0.4 is 11.1 Å². The standard InChI is InChI=1S/C15H18ClN3O2S.ClH/c16-9-1-4-13-11(7-9)19-14(22-13)5-6-18-15(20)12-3-2-10(8-17)21-12;/h1,4,7,10,12H,2-3,5-6,8,17H2,(H,18,20);1H/t10-,12+;/m1./s1. The molecule has 2 aromatic rings. The second-order valence-electron chi connectivity index (χ2n) is 5.32. The fraction of sp³-hybridized carbons (Fsp3) is 0.467. The van der Waals surface area contributed by atoms with Crippen molar-refractivity contribution in [2.75, 3.05) is 13.1 Å². The Morgan fingerprint density at radius 3 is 3.04 bits per heavy atom. The van der Waals surface area contributed by atoms with Crippen LogP contribution in [0.25, 0.3) is 10.2 Å². The summed E-state index contributed by atoms with van der Waals surface area (Å²) in [6, 6.07) is 5.68. The zero-order valence-corrected chi connectivity index (χ0v) is 14.8. The Hall–Kier alpha value is -0.920. The van der Waals surface area contributed by atoms with Gasteiger partial charge in [-0.15, -0.1) is 23.7 Å². The number of benzene rings is 1. The van der Waals surface area contributed by atoms with Gasteiger partial charge in [0, 0.05) is 24.5 Å². The minimum absolute atomic E-state index is 0. The molecule has 1 aliphatic heterocycles. The van der Waals surface area contributed by atoms with Gasteiger partial charge >= 0.3 is 0 Å². The lowest BCUT2D eigenvalue weighted by Crippen LogP contribution is -2.36. The first-order valence-electron chi connectivity index (χ1n) is 7.34. The topological polar surface area (TPSA) is 77.2 Å². The van der Waals surface area contributed by atoms with E-state index in [0.29, 0.717) is 24.5 Å². The highest BCUT2D eigenvalue weighted by atomic mass is 35.5. The number of carbonyl (C=O) groups excluding carboxylic acids is 1. The molecule has 1 saturated heterocycles. The lowest BCUT2D eigenvalue weighted by atomic mass is 10.2. The van der Waals surface area contributed by atoms with Crippen LogP contribution in [0.3, 0.4) is 0 Å². The molecular weight excluding hydrogens is 357 g/mol. The van der Waals surface area contributed by atoms with E-state index in [1.54, 1.807) is 11.3 Å². The highest BCUT2D eigenvalue weighted by Crippen LogP contribution is 2.25. The maximum absolute atomic E-state index is 12.0. The Morgan fingerprint density at radius 2 is 2.30 bits per heavy atom. The summed E-state index contributed by atoms with van der Waals surface area (Å²) in [5.41, 5.74) is 6.45. The van der Waals surface area contributed by atoms with Gasteiger partial charge in [0.25, 0.3) is 0 Å². The molecule has 0 bridgehead atoms. The van der Waals surface area contributed by atoms with Crippen LogP contribution in [-0.4, -0.2) is 36.2 Å². The van der Waals surface area contributed by atoms with Crippen LogP contribution in [0, 0.1) is 0 Å². The van der Waals surface area contributed by atoms with E-state index in [1.807, 2.05) is 18.2 Å². The second-order valence-corrected chi connectivity index (χ2v) is 6.87. The van der Waals surface area contributed by atoms with Crippen LogP contribution in [0.15, 0.2) is 18.2 Å². The van der Waals surface area contributed by atoms with E-state index >= 15 is 0 Å². The van der Waals surface area contributed by atoms with Gasteiger partial charge in [-0.2, -0.15) is 0 Å². The van der Waals surface area contributed by atoms with Crippen molar-refractivity contribution in [3.8, 4) is 0 Å². The molecule has 1 fully saturated rings. The van der Waals surface area contributed by atoms with E-state index < -0.39 is 0 Å². The summed E-state index contributed by atoms with van der Waals surface area (Å²) in [4.78, 5) is 16.5. The number of thiazole rings is 1. The molecule has 3 rings (SSSR count). The summed E-state index contributed by atoms with van der Waals surface area (Å²) < 4.78 is 6.68. The molecule has 1 amide bonds. The number of hydrogen-bond donors (Lipinski definition) is 2. The summed E-state index contributed by atoms with van der Waals surface area (Å²) in [6.07, 6.45) is 1.96. The Kier molecular flexibility index (Phi) is 6.61. The van der Waals surface area contributed by atoms with Gasteiger partial charge in [0.2, 0.25) is 5.91 Å². The number of amides is 1. The summed E-state index contributed by atoms with van der Waals surface area (Å²) in [5.74, 6) is -0.0555. The largest absolute Gasteiger partial charge is 0.364 e. The number of fused-ring (bicyclic) bond motifs is 1. The molecule has 0 unspecified atom stereocenters. The number of nitrogens with one attached hydrogen (secondary N) is 1. The van der Waals surface area contributed by atoms with Crippen molar-refractivity contribution in [1.29, 1.82) is 0 Å². The van der Waals surface area contributed by atoms with Gasteiger partial charge in [0.1, 0.15) is 6.10 Å². The molecule has 0 saturated carbocycles. The zero-order valence-electron chi connectivity index (χ0n) is 12.5.